The molecule has 5 heteroatoms. The largest absolute Gasteiger partial charge is 0.497 e. The number of rotatable bonds is 4. The van der Waals surface area contributed by atoms with Gasteiger partial charge in [-0.25, -0.2) is 0 Å². The zero-order valence-corrected chi connectivity index (χ0v) is 14.4. The first kappa shape index (κ1) is 15.9. The number of piperazine rings is 1. The molecule has 2 aromatic rings. The molecular weight excluding hydrogens is 302 g/mol. The lowest BCUT2D eigenvalue weighted by Gasteiger charge is -2.40. The predicted molar refractivity (Wildman–Crippen MR) is 95.6 cm³/mol. The van der Waals surface area contributed by atoms with E-state index in [4.69, 9.17) is 9.47 Å². The number of benzene rings is 1. The number of nitrogens with one attached hydrogen (secondary N) is 2. The molecule has 1 atom stereocenters. The van der Waals surface area contributed by atoms with Gasteiger partial charge in [0.25, 0.3) is 0 Å². The van der Waals surface area contributed by atoms with Crippen LogP contribution < -0.4 is 10.1 Å². The van der Waals surface area contributed by atoms with Crippen molar-refractivity contribution >= 4 is 10.9 Å². The van der Waals surface area contributed by atoms with E-state index >= 15 is 0 Å². The summed E-state index contributed by atoms with van der Waals surface area (Å²) in [5.41, 5.74) is 2.61. The molecule has 24 heavy (non-hydrogen) atoms. The lowest BCUT2D eigenvalue weighted by molar-refractivity contribution is 0.0217. The van der Waals surface area contributed by atoms with Crippen LogP contribution in [0.5, 0.6) is 5.75 Å². The molecule has 1 aromatic carbocycles. The minimum Gasteiger partial charge on any atom is -0.497 e. The van der Waals surface area contributed by atoms with Crippen molar-refractivity contribution in [3.8, 4) is 5.75 Å². The Morgan fingerprint density at radius 2 is 2.00 bits per heavy atom. The molecule has 2 aliphatic rings. The minimum absolute atomic E-state index is 0.455. The van der Waals surface area contributed by atoms with E-state index in [2.05, 4.69) is 33.5 Å². The highest BCUT2D eigenvalue weighted by Gasteiger charge is 2.32. The van der Waals surface area contributed by atoms with Gasteiger partial charge in [0.2, 0.25) is 0 Å². The molecule has 1 aromatic heterocycles. The maximum Gasteiger partial charge on any atom is 0.119 e. The standard InChI is InChI=1S/C19H27N3O2/c1-23-15-2-3-18-16(12-15)17(13-21-18)19(14-4-10-24-11-5-14)22-8-6-20-7-9-22/h2-3,12-14,19-21H,4-11H2,1H3/t19-/m1/s1. The number of aromatic amines is 1. The van der Waals surface area contributed by atoms with Gasteiger partial charge in [-0.2, -0.15) is 0 Å². The molecule has 3 heterocycles. The Morgan fingerprint density at radius 3 is 2.75 bits per heavy atom. The Labute approximate surface area is 143 Å². The Kier molecular flexibility index (Phi) is 4.74. The zero-order valence-electron chi connectivity index (χ0n) is 14.4. The summed E-state index contributed by atoms with van der Waals surface area (Å²) in [6, 6.07) is 6.78. The Bertz CT molecular complexity index is 654. The van der Waals surface area contributed by atoms with Crippen LogP contribution in [0.1, 0.15) is 24.4 Å². The van der Waals surface area contributed by atoms with Crippen molar-refractivity contribution in [3.05, 3.63) is 30.0 Å². The number of nitrogens with zero attached hydrogens (tertiary/aromatic N) is 1. The van der Waals surface area contributed by atoms with Crippen LogP contribution in [0.4, 0.5) is 0 Å². The summed E-state index contributed by atoms with van der Waals surface area (Å²) < 4.78 is 11.1. The lowest BCUT2D eigenvalue weighted by Crippen LogP contribution is -2.47. The first-order chi connectivity index (χ1) is 11.9. The first-order valence-corrected chi connectivity index (χ1v) is 9.04. The van der Waals surface area contributed by atoms with E-state index < -0.39 is 0 Å². The van der Waals surface area contributed by atoms with Gasteiger partial charge in [-0.15, -0.1) is 0 Å². The highest BCUT2D eigenvalue weighted by Crippen LogP contribution is 2.39. The van der Waals surface area contributed by atoms with Crippen LogP contribution in [0.25, 0.3) is 10.9 Å². The third-order valence-corrected chi connectivity index (χ3v) is 5.50. The maximum absolute atomic E-state index is 5.62. The van der Waals surface area contributed by atoms with Gasteiger partial charge in [-0.05, 0) is 42.5 Å². The number of aromatic nitrogens is 1. The normalized spacial score (nSPS) is 21.9. The van der Waals surface area contributed by atoms with E-state index in [-0.39, 0.29) is 0 Å². The number of fused-ring (bicyclic) bond motifs is 1. The summed E-state index contributed by atoms with van der Waals surface area (Å²) in [7, 11) is 1.74. The molecule has 2 N–H and O–H groups in total. The monoisotopic (exact) mass is 329 g/mol. The van der Waals surface area contributed by atoms with Crippen molar-refractivity contribution in [1.29, 1.82) is 0 Å². The molecule has 0 radical (unpaired) electrons. The fourth-order valence-electron chi connectivity index (χ4n) is 4.23. The number of H-pyrrole nitrogens is 1. The fraction of sp³-hybridized carbons (Fsp3) is 0.579. The van der Waals surface area contributed by atoms with Gasteiger partial charge in [0.1, 0.15) is 5.75 Å². The van der Waals surface area contributed by atoms with E-state index in [1.54, 1.807) is 7.11 Å². The summed E-state index contributed by atoms with van der Waals surface area (Å²) >= 11 is 0. The van der Waals surface area contributed by atoms with Crippen LogP contribution in [-0.2, 0) is 4.74 Å². The van der Waals surface area contributed by atoms with Gasteiger partial charge in [0, 0.05) is 62.5 Å². The second-order valence-electron chi connectivity index (χ2n) is 6.84. The average molecular weight is 329 g/mol. The topological polar surface area (TPSA) is 49.5 Å². The van der Waals surface area contributed by atoms with E-state index in [9.17, 15) is 0 Å². The Balaban J connectivity index is 1.74. The molecule has 4 rings (SSSR count). The summed E-state index contributed by atoms with van der Waals surface area (Å²) in [4.78, 5) is 6.13. The molecule has 0 saturated carbocycles. The van der Waals surface area contributed by atoms with Crippen molar-refractivity contribution < 1.29 is 9.47 Å². The zero-order chi connectivity index (χ0) is 16.4. The number of ether oxygens (including phenoxy) is 2. The van der Waals surface area contributed by atoms with Crippen LogP contribution in [0.15, 0.2) is 24.4 Å². The van der Waals surface area contributed by atoms with Crippen LogP contribution in [0.2, 0.25) is 0 Å². The average Bonchev–Trinajstić information content (AvgIpc) is 3.07. The fourth-order valence-corrected chi connectivity index (χ4v) is 4.23. The minimum atomic E-state index is 0.455. The van der Waals surface area contributed by atoms with Gasteiger partial charge < -0.3 is 19.8 Å². The first-order valence-electron chi connectivity index (χ1n) is 9.04. The third kappa shape index (κ3) is 3.04. The number of hydrogen-bond acceptors (Lipinski definition) is 4. The Hall–Kier alpha value is -1.56. The molecule has 130 valence electrons. The second kappa shape index (κ2) is 7.13. The van der Waals surface area contributed by atoms with Gasteiger partial charge >= 0.3 is 0 Å². The summed E-state index contributed by atoms with van der Waals surface area (Å²) in [6.07, 6.45) is 4.50. The van der Waals surface area contributed by atoms with Gasteiger partial charge in [0.05, 0.1) is 7.11 Å². The molecule has 0 unspecified atom stereocenters. The molecule has 5 nitrogen and oxygen atoms in total. The summed E-state index contributed by atoms with van der Waals surface area (Å²) in [5, 5.41) is 4.77. The van der Waals surface area contributed by atoms with Crippen LogP contribution >= 0.6 is 0 Å². The van der Waals surface area contributed by atoms with Crippen LogP contribution in [0, 0.1) is 5.92 Å². The van der Waals surface area contributed by atoms with E-state index in [0.29, 0.717) is 12.0 Å². The summed E-state index contributed by atoms with van der Waals surface area (Å²) in [6.45, 7) is 6.14. The van der Waals surface area contributed by atoms with E-state index in [1.807, 2.05) is 6.07 Å². The molecule has 0 spiro atoms. The van der Waals surface area contributed by atoms with Gasteiger partial charge in [-0.3, -0.25) is 4.90 Å². The highest BCUT2D eigenvalue weighted by atomic mass is 16.5. The maximum atomic E-state index is 5.62. The van der Waals surface area contributed by atoms with Gasteiger partial charge in [0.15, 0.2) is 0 Å². The lowest BCUT2D eigenvalue weighted by atomic mass is 9.85. The van der Waals surface area contributed by atoms with Crippen molar-refractivity contribution in [2.45, 2.75) is 18.9 Å². The second-order valence-corrected chi connectivity index (χ2v) is 6.84. The Morgan fingerprint density at radius 1 is 1.21 bits per heavy atom. The predicted octanol–water partition coefficient (Wildman–Crippen LogP) is 2.55. The van der Waals surface area contributed by atoms with Crippen LogP contribution in [-0.4, -0.2) is 56.4 Å². The van der Waals surface area contributed by atoms with E-state index in [0.717, 1.165) is 58.0 Å². The van der Waals surface area contributed by atoms with Crippen molar-refractivity contribution in [2.75, 3.05) is 46.5 Å². The van der Waals surface area contributed by atoms with Crippen LogP contribution in [0.3, 0.4) is 0 Å². The highest BCUT2D eigenvalue weighted by molar-refractivity contribution is 5.85. The van der Waals surface area contributed by atoms with Crippen molar-refractivity contribution in [2.24, 2.45) is 5.92 Å². The molecule has 2 aliphatic heterocycles. The van der Waals surface area contributed by atoms with E-state index in [1.165, 1.54) is 16.5 Å². The quantitative estimate of drug-likeness (QED) is 0.905. The number of hydrogen-bond donors (Lipinski definition) is 2. The SMILES string of the molecule is COc1ccc2[nH]cc([C@@H](C3CCOCC3)N3CCNCC3)c2c1. The molecule has 2 fully saturated rings. The van der Waals surface area contributed by atoms with Crippen molar-refractivity contribution in [3.63, 3.8) is 0 Å². The van der Waals surface area contributed by atoms with Crippen molar-refractivity contribution in [1.82, 2.24) is 15.2 Å². The smallest absolute Gasteiger partial charge is 0.119 e. The molecular formula is C19H27N3O2. The molecule has 2 saturated heterocycles. The van der Waals surface area contributed by atoms with Gasteiger partial charge in [-0.1, -0.05) is 0 Å². The molecule has 0 amide bonds. The summed E-state index contributed by atoms with van der Waals surface area (Å²) in [5.74, 6) is 1.58. The number of methoxy groups -OCH3 is 1. The third-order valence-electron chi connectivity index (χ3n) is 5.50. The molecule has 0 bridgehead atoms. The molecule has 0 aliphatic carbocycles.